The van der Waals surface area contributed by atoms with E-state index in [-0.39, 0.29) is 24.4 Å². The zero-order valence-corrected chi connectivity index (χ0v) is 13.7. The molecule has 0 fully saturated rings. The predicted octanol–water partition coefficient (Wildman–Crippen LogP) is 1.40. The smallest absolute Gasteiger partial charge is 0.326 e. The molecule has 1 aromatic carbocycles. The average molecular weight is 331 g/mol. The highest BCUT2D eigenvalue weighted by Gasteiger charge is 2.20. The van der Waals surface area contributed by atoms with Crippen LogP contribution in [0, 0.1) is 5.92 Å². The third kappa shape index (κ3) is 4.41. The van der Waals surface area contributed by atoms with Crippen molar-refractivity contribution in [3.8, 4) is 0 Å². The van der Waals surface area contributed by atoms with Gasteiger partial charge in [-0.15, -0.1) is 0 Å². The number of carboxylic acid groups (broad SMARTS) is 1. The van der Waals surface area contributed by atoms with Crippen LogP contribution in [0.4, 0.5) is 0 Å². The summed E-state index contributed by atoms with van der Waals surface area (Å²) in [6, 6.07) is 6.07. The summed E-state index contributed by atoms with van der Waals surface area (Å²) < 4.78 is 1.36. The van der Waals surface area contributed by atoms with Gasteiger partial charge in [0.15, 0.2) is 0 Å². The number of nitrogens with one attached hydrogen (secondary N) is 1. The third-order valence-electron chi connectivity index (χ3n) is 3.65. The molecule has 0 radical (unpaired) electrons. The van der Waals surface area contributed by atoms with Crippen LogP contribution in [0.15, 0.2) is 35.4 Å². The lowest BCUT2D eigenvalue weighted by molar-refractivity contribution is -0.142. The van der Waals surface area contributed by atoms with Crippen LogP contribution in [0.3, 0.4) is 0 Å². The molecule has 1 amide bonds. The maximum Gasteiger partial charge on any atom is 0.326 e. The number of amides is 1. The molecule has 0 saturated carbocycles. The van der Waals surface area contributed by atoms with Crippen LogP contribution in [0.25, 0.3) is 10.9 Å². The van der Waals surface area contributed by atoms with E-state index in [0.29, 0.717) is 17.3 Å². The van der Waals surface area contributed by atoms with E-state index < -0.39 is 17.9 Å². The molecule has 2 rings (SSSR count). The van der Waals surface area contributed by atoms with Gasteiger partial charge in [0.2, 0.25) is 5.91 Å². The summed E-state index contributed by atoms with van der Waals surface area (Å²) in [4.78, 5) is 39.6. The van der Waals surface area contributed by atoms with E-state index in [4.69, 9.17) is 5.11 Å². The van der Waals surface area contributed by atoms with E-state index >= 15 is 0 Å². The predicted molar refractivity (Wildman–Crippen MR) is 89.6 cm³/mol. The van der Waals surface area contributed by atoms with Crippen molar-refractivity contribution in [3.05, 3.63) is 40.9 Å². The molecule has 0 aliphatic rings. The van der Waals surface area contributed by atoms with Gasteiger partial charge in [0.05, 0.1) is 17.2 Å². The molecule has 2 aromatic rings. The molecular formula is C17H21N3O4. The number of carboxylic acids is 1. The maximum absolute atomic E-state index is 12.3. The van der Waals surface area contributed by atoms with Crippen molar-refractivity contribution in [3.63, 3.8) is 0 Å². The van der Waals surface area contributed by atoms with E-state index in [0.717, 1.165) is 0 Å². The number of aliphatic carboxylic acids is 1. The zero-order valence-electron chi connectivity index (χ0n) is 13.7. The number of nitrogens with zero attached hydrogens (tertiary/aromatic N) is 2. The van der Waals surface area contributed by atoms with Crippen LogP contribution in [0.5, 0.6) is 0 Å². The molecule has 7 nitrogen and oxygen atoms in total. The lowest BCUT2D eigenvalue weighted by atomic mass is 10.0. The second-order valence-electron chi connectivity index (χ2n) is 6.10. The highest BCUT2D eigenvalue weighted by molar-refractivity contribution is 5.83. The zero-order chi connectivity index (χ0) is 17.7. The van der Waals surface area contributed by atoms with Crippen LogP contribution >= 0.6 is 0 Å². The Labute approximate surface area is 139 Å². The number of aryl methyl sites for hydroxylation is 1. The molecule has 0 saturated heterocycles. The van der Waals surface area contributed by atoms with Gasteiger partial charge in [-0.3, -0.25) is 14.2 Å². The molecule has 128 valence electrons. The van der Waals surface area contributed by atoms with Crippen molar-refractivity contribution in [2.75, 3.05) is 0 Å². The van der Waals surface area contributed by atoms with Crippen molar-refractivity contribution < 1.29 is 14.7 Å². The first-order valence-corrected chi connectivity index (χ1v) is 7.85. The van der Waals surface area contributed by atoms with Crippen LogP contribution in [0.1, 0.15) is 26.7 Å². The molecule has 1 aromatic heterocycles. The Morgan fingerprint density at radius 3 is 2.67 bits per heavy atom. The van der Waals surface area contributed by atoms with Gasteiger partial charge in [-0.2, -0.15) is 0 Å². The van der Waals surface area contributed by atoms with Gasteiger partial charge in [0, 0.05) is 13.0 Å². The van der Waals surface area contributed by atoms with E-state index in [1.165, 1.54) is 10.9 Å². The first kappa shape index (κ1) is 17.7. The number of rotatable bonds is 7. The number of hydrogen-bond donors (Lipinski definition) is 2. The quantitative estimate of drug-likeness (QED) is 0.798. The van der Waals surface area contributed by atoms with Crippen LogP contribution in [-0.4, -0.2) is 32.6 Å². The largest absolute Gasteiger partial charge is 0.480 e. The Bertz CT molecular complexity index is 798. The summed E-state index contributed by atoms with van der Waals surface area (Å²) in [6.45, 7) is 3.93. The van der Waals surface area contributed by atoms with Gasteiger partial charge >= 0.3 is 5.97 Å². The van der Waals surface area contributed by atoms with Gasteiger partial charge in [0.1, 0.15) is 6.04 Å². The average Bonchev–Trinajstić information content (AvgIpc) is 2.53. The van der Waals surface area contributed by atoms with E-state index in [2.05, 4.69) is 10.3 Å². The third-order valence-corrected chi connectivity index (χ3v) is 3.65. The van der Waals surface area contributed by atoms with Gasteiger partial charge in [-0.1, -0.05) is 26.0 Å². The summed E-state index contributed by atoms with van der Waals surface area (Å²) >= 11 is 0. The Kier molecular flexibility index (Phi) is 5.68. The number of carbonyl (C=O) groups is 2. The molecule has 1 unspecified atom stereocenters. The maximum atomic E-state index is 12.3. The summed E-state index contributed by atoms with van der Waals surface area (Å²) in [5.74, 6) is -1.30. The molecule has 1 atom stereocenters. The molecule has 7 heteroatoms. The Hall–Kier alpha value is -2.70. The van der Waals surface area contributed by atoms with Gasteiger partial charge in [-0.25, -0.2) is 9.78 Å². The number of fused-ring (bicyclic) bond motifs is 1. The Morgan fingerprint density at radius 2 is 2.00 bits per heavy atom. The Morgan fingerprint density at radius 1 is 1.29 bits per heavy atom. The van der Waals surface area contributed by atoms with E-state index in [1.807, 2.05) is 13.8 Å². The summed E-state index contributed by atoms with van der Waals surface area (Å²) in [5.41, 5.74) is 0.386. The van der Waals surface area contributed by atoms with Crippen LogP contribution in [-0.2, 0) is 16.1 Å². The van der Waals surface area contributed by atoms with Gasteiger partial charge < -0.3 is 10.4 Å². The van der Waals surface area contributed by atoms with Gasteiger partial charge in [0.25, 0.3) is 5.56 Å². The van der Waals surface area contributed by atoms with Crippen molar-refractivity contribution in [1.29, 1.82) is 0 Å². The van der Waals surface area contributed by atoms with Crippen molar-refractivity contribution in [1.82, 2.24) is 14.9 Å². The number of hydrogen-bond acceptors (Lipinski definition) is 4. The molecule has 0 aliphatic carbocycles. The van der Waals surface area contributed by atoms with Crippen LogP contribution < -0.4 is 10.9 Å². The normalized spacial score (nSPS) is 12.3. The first-order chi connectivity index (χ1) is 11.4. The molecule has 1 heterocycles. The molecular weight excluding hydrogens is 310 g/mol. The monoisotopic (exact) mass is 331 g/mol. The van der Waals surface area contributed by atoms with E-state index in [9.17, 15) is 14.4 Å². The highest BCUT2D eigenvalue weighted by atomic mass is 16.4. The fourth-order valence-electron chi connectivity index (χ4n) is 2.45. The molecule has 0 spiro atoms. The lowest BCUT2D eigenvalue weighted by Crippen LogP contribution is -2.42. The minimum absolute atomic E-state index is 0.0157. The topological polar surface area (TPSA) is 101 Å². The first-order valence-electron chi connectivity index (χ1n) is 7.85. The number of para-hydroxylation sites is 1. The summed E-state index contributed by atoms with van der Waals surface area (Å²) in [5, 5.41) is 12.1. The summed E-state index contributed by atoms with van der Waals surface area (Å²) in [6.07, 6.45) is 1.78. The fraction of sp³-hybridized carbons (Fsp3) is 0.412. The molecule has 24 heavy (non-hydrogen) atoms. The van der Waals surface area contributed by atoms with Crippen molar-refractivity contribution in [2.45, 2.75) is 39.3 Å². The SMILES string of the molecule is CC(C)CC(NC(=O)CCn1cnc2ccccc2c1=O)C(=O)O. The molecule has 0 aliphatic heterocycles. The number of benzene rings is 1. The molecule has 0 bridgehead atoms. The van der Waals surface area contributed by atoms with E-state index in [1.54, 1.807) is 24.3 Å². The fourth-order valence-corrected chi connectivity index (χ4v) is 2.45. The van der Waals surface area contributed by atoms with Gasteiger partial charge in [-0.05, 0) is 24.5 Å². The minimum Gasteiger partial charge on any atom is -0.480 e. The minimum atomic E-state index is -1.05. The Balaban J connectivity index is 2.02. The number of aromatic nitrogens is 2. The van der Waals surface area contributed by atoms with Crippen LogP contribution in [0.2, 0.25) is 0 Å². The second-order valence-corrected chi connectivity index (χ2v) is 6.10. The van der Waals surface area contributed by atoms with Crippen molar-refractivity contribution >= 4 is 22.8 Å². The highest BCUT2D eigenvalue weighted by Crippen LogP contribution is 2.06. The standard InChI is InChI=1S/C17H21N3O4/c1-11(2)9-14(17(23)24)19-15(21)7-8-20-10-18-13-6-4-3-5-12(13)16(20)22/h3-6,10-11,14H,7-9H2,1-2H3,(H,19,21)(H,23,24). The second kappa shape index (κ2) is 7.72. The molecule has 2 N–H and O–H groups in total. The number of carbonyl (C=O) groups excluding carboxylic acids is 1. The summed E-state index contributed by atoms with van der Waals surface area (Å²) in [7, 11) is 0. The van der Waals surface area contributed by atoms with Crippen molar-refractivity contribution in [2.24, 2.45) is 5.92 Å². The lowest BCUT2D eigenvalue weighted by Gasteiger charge is -2.16.